The molecule has 24 heavy (non-hydrogen) atoms. The van der Waals surface area contributed by atoms with E-state index in [4.69, 9.17) is 0 Å². The highest BCUT2D eigenvalue weighted by molar-refractivity contribution is 7.87. The molecule has 1 nitrogen and oxygen atoms in total. The van der Waals surface area contributed by atoms with Gasteiger partial charge in [-0.1, -0.05) is 86.3 Å². The number of benzene rings is 2. The summed E-state index contributed by atoms with van der Waals surface area (Å²) < 4.78 is 13.9. The fraction of sp³-hybridized carbons (Fsp3) is 0.455. The van der Waals surface area contributed by atoms with Crippen LogP contribution < -0.4 is 0 Å². The smallest absolute Gasteiger partial charge is 0.0716 e. The molecular formula is C22H26OS. The first kappa shape index (κ1) is 16.1. The van der Waals surface area contributed by atoms with Crippen LogP contribution in [0.3, 0.4) is 0 Å². The lowest BCUT2D eigenvalue weighted by Crippen LogP contribution is -2.41. The van der Waals surface area contributed by atoms with Crippen molar-refractivity contribution in [1.82, 2.24) is 0 Å². The molecule has 0 heterocycles. The van der Waals surface area contributed by atoms with E-state index < -0.39 is 10.8 Å². The second-order valence-electron chi connectivity index (χ2n) is 7.40. The minimum Gasteiger partial charge on any atom is -0.258 e. The quantitative estimate of drug-likeness (QED) is 0.701. The molecule has 0 aromatic heterocycles. The molecule has 0 bridgehead atoms. The van der Waals surface area contributed by atoms with Gasteiger partial charge in [-0.3, -0.25) is 4.21 Å². The second kappa shape index (κ2) is 6.48. The Labute approximate surface area is 148 Å². The maximum Gasteiger partial charge on any atom is 0.0716 e. The molecule has 4 rings (SSSR count). The van der Waals surface area contributed by atoms with E-state index in [0.717, 1.165) is 25.7 Å². The average molecular weight is 339 g/mol. The predicted molar refractivity (Wildman–Crippen MR) is 101 cm³/mol. The second-order valence-corrected chi connectivity index (χ2v) is 9.50. The molecule has 0 saturated heterocycles. The molecule has 2 aromatic carbocycles. The average Bonchev–Trinajstić information content (AvgIpc) is 3.34. The van der Waals surface area contributed by atoms with E-state index in [1.165, 1.54) is 36.8 Å². The van der Waals surface area contributed by atoms with Crippen LogP contribution in [-0.4, -0.2) is 4.21 Å². The van der Waals surface area contributed by atoms with Gasteiger partial charge in [0.15, 0.2) is 0 Å². The molecule has 0 spiro atoms. The van der Waals surface area contributed by atoms with Crippen molar-refractivity contribution in [2.75, 3.05) is 0 Å². The largest absolute Gasteiger partial charge is 0.258 e. The Balaban J connectivity index is 1.82. The molecule has 2 fully saturated rings. The zero-order valence-corrected chi connectivity index (χ0v) is 15.1. The highest BCUT2D eigenvalue weighted by Crippen LogP contribution is 2.54. The fourth-order valence-electron chi connectivity index (χ4n) is 4.91. The lowest BCUT2D eigenvalue weighted by atomic mass is 9.95. The van der Waals surface area contributed by atoms with E-state index in [2.05, 4.69) is 60.7 Å². The van der Waals surface area contributed by atoms with Gasteiger partial charge in [-0.15, -0.1) is 0 Å². The number of hydrogen-bond donors (Lipinski definition) is 0. The van der Waals surface area contributed by atoms with Gasteiger partial charge in [0, 0.05) is 10.8 Å². The first-order valence-electron chi connectivity index (χ1n) is 9.31. The van der Waals surface area contributed by atoms with Gasteiger partial charge < -0.3 is 0 Å². The van der Waals surface area contributed by atoms with Crippen LogP contribution in [0.4, 0.5) is 0 Å². The van der Waals surface area contributed by atoms with Crippen LogP contribution in [0.2, 0.25) is 0 Å². The Kier molecular flexibility index (Phi) is 4.34. The lowest BCUT2D eigenvalue weighted by Gasteiger charge is -2.39. The third kappa shape index (κ3) is 2.47. The molecule has 126 valence electrons. The zero-order valence-electron chi connectivity index (χ0n) is 14.2. The van der Waals surface area contributed by atoms with Crippen LogP contribution in [-0.2, 0) is 20.3 Å². The molecule has 0 aliphatic heterocycles. The molecule has 0 N–H and O–H groups in total. The SMILES string of the molecule is O=S(C1(c2ccccc2)CCCC1)C1(c2ccccc2)CCCC1. The molecule has 2 saturated carbocycles. The lowest BCUT2D eigenvalue weighted by molar-refractivity contribution is 0.531. The van der Waals surface area contributed by atoms with Crippen LogP contribution in [0.1, 0.15) is 62.5 Å². The predicted octanol–water partition coefficient (Wildman–Crippen LogP) is 5.67. The van der Waals surface area contributed by atoms with Gasteiger partial charge in [0.25, 0.3) is 0 Å². The van der Waals surface area contributed by atoms with Crippen molar-refractivity contribution in [2.24, 2.45) is 0 Å². The molecule has 2 aliphatic rings. The molecule has 0 radical (unpaired) electrons. The standard InChI is InChI=1S/C22H26OS/c23-24(21(15-7-8-16-21)19-11-3-1-4-12-19)22(17-9-10-18-22)20-13-5-2-6-14-20/h1-6,11-14H,7-10,15-18H2. The van der Waals surface area contributed by atoms with Crippen molar-refractivity contribution < 1.29 is 4.21 Å². The summed E-state index contributed by atoms with van der Waals surface area (Å²) in [6.07, 6.45) is 9.07. The van der Waals surface area contributed by atoms with Crippen LogP contribution in [0.25, 0.3) is 0 Å². The summed E-state index contributed by atoms with van der Waals surface area (Å²) in [6.45, 7) is 0. The molecular weight excluding hydrogens is 312 g/mol. The first-order chi connectivity index (χ1) is 11.8. The number of rotatable bonds is 4. The molecule has 2 aliphatic carbocycles. The Morgan fingerprint density at radius 2 is 0.917 bits per heavy atom. The Morgan fingerprint density at radius 3 is 1.25 bits per heavy atom. The van der Waals surface area contributed by atoms with Gasteiger partial charge in [0.05, 0.1) is 9.49 Å². The summed E-state index contributed by atoms with van der Waals surface area (Å²) in [5.74, 6) is 0. The minimum absolute atomic E-state index is 0.151. The molecule has 2 aromatic rings. The first-order valence-corrected chi connectivity index (χ1v) is 10.5. The monoisotopic (exact) mass is 338 g/mol. The highest BCUT2D eigenvalue weighted by Gasteiger charge is 2.52. The summed E-state index contributed by atoms with van der Waals surface area (Å²) in [5, 5.41) is 0. The summed E-state index contributed by atoms with van der Waals surface area (Å²) in [5.41, 5.74) is 2.59. The molecule has 0 unspecified atom stereocenters. The van der Waals surface area contributed by atoms with Crippen molar-refractivity contribution in [2.45, 2.75) is 60.9 Å². The molecule has 0 atom stereocenters. The zero-order chi connectivity index (χ0) is 16.5. The van der Waals surface area contributed by atoms with Crippen molar-refractivity contribution in [1.29, 1.82) is 0 Å². The van der Waals surface area contributed by atoms with E-state index in [-0.39, 0.29) is 9.49 Å². The Bertz CT molecular complexity index is 634. The van der Waals surface area contributed by atoms with Gasteiger partial charge in [-0.05, 0) is 36.8 Å². The van der Waals surface area contributed by atoms with E-state index in [0.29, 0.717) is 0 Å². The normalized spacial score (nSPS) is 22.0. The van der Waals surface area contributed by atoms with Gasteiger partial charge >= 0.3 is 0 Å². The van der Waals surface area contributed by atoms with Gasteiger partial charge in [-0.25, -0.2) is 0 Å². The summed E-state index contributed by atoms with van der Waals surface area (Å²) in [4.78, 5) is 0. The minimum atomic E-state index is -0.890. The summed E-state index contributed by atoms with van der Waals surface area (Å²) in [6, 6.07) is 21.4. The van der Waals surface area contributed by atoms with Gasteiger partial charge in [0.1, 0.15) is 0 Å². The molecule has 2 heteroatoms. The van der Waals surface area contributed by atoms with Crippen molar-refractivity contribution in [3.8, 4) is 0 Å². The topological polar surface area (TPSA) is 17.1 Å². The van der Waals surface area contributed by atoms with Crippen molar-refractivity contribution in [3.63, 3.8) is 0 Å². The van der Waals surface area contributed by atoms with Gasteiger partial charge in [-0.2, -0.15) is 0 Å². The maximum absolute atomic E-state index is 14.2. The third-order valence-corrected chi connectivity index (χ3v) is 8.84. The van der Waals surface area contributed by atoms with Crippen LogP contribution in [0.15, 0.2) is 60.7 Å². The van der Waals surface area contributed by atoms with E-state index in [9.17, 15) is 4.21 Å². The third-order valence-electron chi connectivity index (χ3n) is 6.13. The van der Waals surface area contributed by atoms with Crippen LogP contribution in [0, 0.1) is 0 Å². The number of hydrogen-bond acceptors (Lipinski definition) is 1. The Morgan fingerprint density at radius 1 is 0.583 bits per heavy atom. The van der Waals surface area contributed by atoms with E-state index in [1.807, 2.05) is 0 Å². The van der Waals surface area contributed by atoms with Gasteiger partial charge in [0.2, 0.25) is 0 Å². The summed E-state index contributed by atoms with van der Waals surface area (Å²) >= 11 is 0. The van der Waals surface area contributed by atoms with E-state index >= 15 is 0 Å². The Hall–Kier alpha value is -1.41. The highest BCUT2D eigenvalue weighted by atomic mass is 32.2. The van der Waals surface area contributed by atoms with E-state index in [1.54, 1.807) is 0 Å². The molecule has 0 amide bonds. The fourth-order valence-corrected chi connectivity index (χ4v) is 7.68. The maximum atomic E-state index is 14.2. The van der Waals surface area contributed by atoms with Crippen LogP contribution in [0.5, 0.6) is 0 Å². The summed E-state index contributed by atoms with van der Waals surface area (Å²) in [7, 11) is -0.890. The van der Waals surface area contributed by atoms with Crippen molar-refractivity contribution >= 4 is 10.8 Å². The van der Waals surface area contributed by atoms with Crippen LogP contribution >= 0.6 is 0 Å². The van der Waals surface area contributed by atoms with Crippen molar-refractivity contribution in [3.05, 3.63) is 71.8 Å².